The fourth-order valence-electron chi connectivity index (χ4n) is 2.68. The van der Waals surface area contributed by atoms with E-state index in [0.29, 0.717) is 18.9 Å². The maximum absolute atomic E-state index is 12.7. The topological polar surface area (TPSA) is 79.9 Å². The van der Waals surface area contributed by atoms with Gasteiger partial charge in [0.05, 0.1) is 17.9 Å². The van der Waals surface area contributed by atoms with Crippen LogP contribution in [0.1, 0.15) is 34.0 Å². The number of hydrogen-bond acceptors (Lipinski definition) is 4. The number of H-pyrrole nitrogens is 1. The first kappa shape index (κ1) is 16.4. The van der Waals surface area contributed by atoms with Crippen molar-refractivity contribution in [2.24, 2.45) is 0 Å². The lowest BCUT2D eigenvalue weighted by Gasteiger charge is -2.27. The molecule has 1 fully saturated rings. The van der Waals surface area contributed by atoms with Crippen molar-refractivity contribution in [2.45, 2.75) is 25.1 Å². The zero-order chi connectivity index (χ0) is 17.4. The summed E-state index contributed by atoms with van der Waals surface area (Å²) in [4.78, 5) is 23.2. The van der Waals surface area contributed by atoms with Gasteiger partial charge >= 0.3 is 6.18 Å². The Morgan fingerprint density at radius 3 is 2.75 bits per heavy atom. The minimum atomic E-state index is -4.55. The van der Waals surface area contributed by atoms with Gasteiger partial charge < -0.3 is 15.0 Å². The lowest BCUT2D eigenvalue weighted by Crippen LogP contribution is -2.47. The van der Waals surface area contributed by atoms with Crippen molar-refractivity contribution in [2.75, 3.05) is 13.2 Å². The molecule has 3 rings (SSSR count). The van der Waals surface area contributed by atoms with Crippen LogP contribution in [0.3, 0.4) is 0 Å². The molecule has 2 aromatic heterocycles. The first-order valence-electron chi connectivity index (χ1n) is 7.27. The SMILES string of the molecule is Cc1nc(C(F)(F)F)ccc1C(=O)NC1(c2ncc[nH]2)CCOC1. The molecular formula is C15H15F3N4O2. The van der Waals surface area contributed by atoms with E-state index in [4.69, 9.17) is 4.74 Å². The highest BCUT2D eigenvalue weighted by molar-refractivity contribution is 5.95. The Labute approximate surface area is 135 Å². The number of rotatable bonds is 3. The maximum Gasteiger partial charge on any atom is 0.433 e. The highest BCUT2D eigenvalue weighted by Gasteiger charge is 2.41. The van der Waals surface area contributed by atoms with Gasteiger partial charge in [0.1, 0.15) is 17.1 Å². The molecule has 1 unspecified atom stereocenters. The molecule has 1 amide bonds. The average Bonchev–Trinajstić information content (AvgIpc) is 3.17. The second kappa shape index (κ2) is 5.90. The van der Waals surface area contributed by atoms with Crippen molar-refractivity contribution < 1.29 is 22.7 Å². The third-order valence-corrected chi connectivity index (χ3v) is 3.95. The summed E-state index contributed by atoms with van der Waals surface area (Å²) in [6.07, 6.45) is -0.840. The van der Waals surface area contributed by atoms with Crippen LogP contribution in [0.25, 0.3) is 0 Å². The summed E-state index contributed by atoms with van der Waals surface area (Å²) >= 11 is 0. The van der Waals surface area contributed by atoms with Crippen molar-refractivity contribution in [3.05, 3.63) is 47.3 Å². The van der Waals surface area contributed by atoms with Crippen LogP contribution in [-0.2, 0) is 16.5 Å². The van der Waals surface area contributed by atoms with Crippen LogP contribution in [0.15, 0.2) is 24.5 Å². The Kier molecular flexibility index (Phi) is 4.04. The van der Waals surface area contributed by atoms with E-state index in [-0.39, 0.29) is 17.9 Å². The predicted molar refractivity (Wildman–Crippen MR) is 77.1 cm³/mol. The van der Waals surface area contributed by atoms with E-state index in [1.165, 1.54) is 6.92 Å². The van der Waals surface area contributed by atoms with Crippen LogP contribution in [0.5, 0.6) is 0 Å². The summed E-state index contributed by atoms with van der Waals surface area (Å²) in [6.45, 7) is 2.06. The van der Waals surface area contributed by atoms with Gasteiger partial charge in [-0.15, -0.1) is 0 Å². The van der Waals surface area contributed by atoms with Crippen molar-refractivity contribution in [3.8, 4) is 0 Å². The number of aryl methyl sites for hydroxylation is 1. The molecule has 2 N–H and O–H groups in total. The fraction of sp³-hybridized carbons (Fsp3) is 0.400. The summed E-state index contributed by atoms with van der Waals surface area (Å²) in [5.41, 5.74) is -1.76. The Morgan fingerprint density at radius 2 is 2.21 bits per heavy atom. The minimum Gasteiger partial charge on any atom is -0.378 e. The molecule has 0 aliphatic carbocycles. The van der Waals surface area contributed by atoms with Gasteiger partial charge in [0.25, 0.3) is 5.91 Å². The largest absolute Gasteiger partial charge is 0.433 e. The van der Waals surface area contributed by atoms with Crippen LogP contribution in [0, 0.1) is 6.92 Å². The number of hydrogen-bond donors (Lipinski definition) is 2. The van der Waals surface area contributed by atoms with E-state index in [9.17, 15) is 18.0 Å². The number of nitrogens with zero attached hydrogens (tertiary/aromatic N) is 2. The number of amides is 1. The lowest BCUT2D eigenvalue weighted by atomic mass is 9.96. The monoisotopic (exact) mass is 340 g/mol. The Morgan fingerprint density at radius 1 is 1.42 bits per heavy atom. The third kappa shape index (κ3) is 2.99. The van der Waals surface area contributed by atoms with E-state index in [2.05, 4.69) is 20.3 Å². The highest BCUT2D eigenvalue weighted by Crippen LogP contribution is 2.30. The van der Waals surface area contributed by atoms with Crippen molar-refractivity contribution in [3.63, 3.8) is 0 Å². The maximum atomic E-state index is 12.7. The van der Waals surface area contributed by atoms with Gasteiger partial charge in [0.15, 0.2) is 0 Å². The number of ether oxygens (including phenoxy) is 1. The van der Waals surface area contributed by atoms with Gasteiger partial charge in [-0.2, -0.15) is 13.2 Å². The number of aromatic nitrogens is 3. The molecule has 9 heteroatoms. The van der Waals surface area contributed by atoms with Gasteiger partial charge in [-0.3, -0.25) is 4.79 Å². The fourth-order valence-corrected chi connectivity index (χ4v) is 2.68. The van der Waals surface area contributed by atoms with E-state index in [1.807, 2.05) is 0 Å². The second-order valence-electron chi connectivity index (χ2n) is 5.60. The van der Waals surface area contributed by atoms with Crippen LogP contribution < -0.4 is 5.32 Å². The van der Waals surface area contributed by atoms with Gasteiger partial charge in [0.2, 0.25) is 0 Å². The number of carbonyl (C=O) groups excluding carboxylic acids is 1. The molecule has 24 heavy (non-hydrogen) atoms. The Hall–Kier alpha value is -2.42. The summed E-state index contributed by atoms with van der Waals surface area (Å²) in [7, 11) is 0. The molecule has 3 heterocycles. The standard InChI is InChI=1S/C15H15F3N4O2/c1-9-10(2-3-11(21-9)15(16,17)18)12(23)22-14(4-7-24-8-14)13-19-5-6-20-13/h2-3,5-6H,4,7-8H2,1H3,(H,19,20)(H,22,23). The lowest BCUT2D eigenvalue weighted by molar-refractivity contribution is -0.141. The molecule has 1 atom stereocenters. The van der Waals surface area contributed by atoms with Crippen molar-refractivity contribution in [1.29, 1.82) is 0 Å². The van der Waals surface area contributed by atoms with Crippen LogP contribution >= 0.6 is 0 Å². The number of imidazole rings is 1. The Bertz CT molecular complexity index is 738. The van der Waals surface area contributed by atoms with Gasteiger partial charge in [-0.25, -0.2) is 9.97 Å². The van der Waals surface area contributed by atoms with Gasteiger partial charge in [-0.1, -0.05) is 0 Å². The van der Waals surface area contributed by atoms with Crippen LogP contribution in [-0.4, -0.2) is 34.1 Å². The summed E-state index contributed by atoms with van der Waals surface area (Å²) < 4.78 is 43.4. The minimum absolute atomic E-state index is 0.0100. The number of carbonyl (C=O) groups is 1. The summed E-state index contributed by atoms with van der Waals surface area (Å²) in [5.74, 6) is 0.0292. The average molecular weight is 340 g/mol. The predicted octanol–water partition coefficient (Wildman–Crippen LogP) is 2.18. The molecular weight excluding hydrogens is 325 g/mol. The number of alkyl halides is 3. The number of nitrogens with one attached hydrogen (secondary N) is 2. The molecule has 1 saturated heterocycles. The quantitative estimate of drug-likeness (QED) is 0.897. The summed E-state index contributed by atoms with van der Waals surface area (Å²) in [5, 5.41) is 2.83. The van der Waals surface area contributed by atoms with E-state index < -0.39 is 23.3 Å². The Balaban J connectivity index is 1.87. The summed E-state index contributed by atoms with van der Waals surface area (Å²) in [6, 6.07) is 1.93. The zero-order valence-electron chi connectivity index (χ0n) is 12.8. The molecule has 0 bridgehead atoms. The normalized spacial score (nSPS) is 21.0. The molecule has 0 aromatic carbocycles. The first-order chi connectivity index (χ1) is 11.3. The zero-order valence-corrected chi connectivity index (χ0v) is 12.8. The third-order valence-electron chi connectivity index (χ3n) is 3.95. The molecule has 128 valence electrons. The van der Waals surface area contributed by atoms with Crippen LogP contribution in [0.4, 0.5) is 13.2 Å². The molecule has 6 nitrogen and oxygen atoms in total. The smallest absolute Gasteiger partial charge is 0.378 e. The molecule has 2 aromatic rings. The molecule has 0 radical (unpaired) electrons. The molecule has 1 aliphatic heterocycles. The molecule has 0 spiro atoms. The second-order valence-corrected chi connectivity index (χ2v) is 5.60. The highest BCUT2D eigenvalue weighted by atomic mass is 19.4. The van der Waals surface area contributed by atoms with E-state index in [0.717, 1.165) is 12.1 Å². The van der Waals surface area contributed by atoms with Crippen molar-refractivity contribution >= 4 is 5.91 Å². The molecule has 0 saturated carbocycles. The number of aromatic amines is 1. The number of halogens is 3. The molecule has 1 aliphatic rings. The van der Waals surface area contributed by atoms with Gasteiger partial charge in [0, 0.05) is 25.4 Å². The first-order valence-corrected chi connectivity index (χ1v) is 7.27. The number of pyridine rings is 1. The van der Waals surface area contributed by atoms with E-state index in [1.54, 1.807) is 12.4 Å². The van der Waals surface area contributed by atoms with E-state index >= 15 is 0 Å². The van der Waals surface area contributed by atoms with Crippen LogP contribution in [0.2, 0.25) is 0 Å². The van der Waals surface area contributed by atoms with Gasteiger partial charge in [-0.05, 0) is 19.1 Å². The van der Waals surface area contributed by atoms with Crippen molar-refractivity contribution in [1.82, 2.24) is 20.3 Å².